The number of phenols is 2. The number of nitrogens with two attached hydrogens (primary N) is 1. The number of primary amides is 1. The molecule has 0 unspecified atom stereocenters. The van der Waals surface area contributed by atoms with Crippen LogP contribution in [0, 0.1) is 6.92 Å². The molecule has 4 rings (SSSR count). The first kappa shape index (κ1) is 23.9. The summed E-state index contributed by atoms with van der Waals surface area (Å²) in [7, 11) is -4.16. The van der Waals surface area contributed by atoms with E-state index in [4.69, 9.17) is 5.73 Å². The molecule has 1 aromatic heterocycles. The van der Waals surface area contributed by atoms with Gasteiger partial charge in [0.1, 0.15) is 16.4 Å². The number of amides is 1. The Hall–Kier alpha value is -4.22. The van der Waals surface area contributed by atoms with E-state index in [0.717, 1.165) is 23.3 Å². The zero-order valence-electron chi connectivity index (χ0n) is 18.7. The van der Waals surface area contributed by atoms with Gasteiger partial charge in [0, 0.05) is 18.3 Å². The monoisotopic (exact) mass is 493 g/mol. The molecular formula is C24H23N5O5S. The van der Waals surface area contributed by atoms with Crippen LogP contribution < -0.4 is 10.5 Å². The number of phenolic OH excluding ortho intramolecular Hbond substituents is 2. The third kappa shape index (κ3) is 5.00. The van der Waals surface area contributed by atoms with Gasteiger partial charge in [-0.2, -0.15) is 0 Å². The number of benzene rings is 3. The summed E-state index contributed by atoms with van der Waals surface area (Å²) < 4.78 is 29.7. The molecule has 4 aromatic rings. The van der Waals surface area contributed by atoms with Gasteiger partial charge in [-0.3, -0.25) is 9.36 Å². The Labute approximate surface area is 201 Å². The molecule has 0 aliphatic heterocycles. The van der Waals surface area contributed by atoms with Crippen LogP contribution in [0.25, 0.3) is 17.1 Å². The number of nitrogens with one attached hydrogen (secondary N) is 1. The van der Waals surface area contributed by atoms with Crippen molar-refractivity contribution in [1.82, 2.24) is 19.5 Å². The highest BCUT2D eigenvalue weighted by Crippen LogP contribution is 2.37. The predicted molar refractivity (Wildman–Crippen MR) is 129 cm³/mol. The summed E-state index contributed by atoms with van der Waals surface area (Å²) in [6.07, 6.45) is 0.440. The van der Waals surface area contributed by atoms with Crippen molar-refractivity contribution in [2.75, 3.05) is 6.54 Å². The molecule has 0 saturated carbocycles. The zero-order chi connectivity index (χ0) is 25.2. The Kier molecular flexibility index (Phi) is 6.54. The number of rotatable bonds is 8. The molecule has 0 aliphatic rings. The van der Waals surface area contributed by atoms with E-state index in [0.29, 0.717) is 12.1 Å². The molecular weight excluding hydrogens is 470 g/mol. The lowest BCUT2D eigenvalue weighted by atomic mass is 10.1. The van der Waals surface area contributed by atoms with Crippen molar-refractivity contribution in [3.63, 3.8) is 0 Å². The average Bonchev–Trinajstić information content (AvgIpc) is 3.25. The third-order valence-corrected chi connectivity index (χ3v) is 6.82. The molecule has 11 heteroatoms. The van der Waals surface area contributed by atoms with Crippen LogP contribution in [-0.4, -0.2) is 45.8 Å². The molecule has 5 N–H and O–H groups in total. The lowest BCUT2D eigenvalue weighted by Gasteiger charge is -2.13. The molecule has 0 fully saturated rings. The van der Waals surface area contributed by atoms with Crippen LogP contribution in [0.15, 0.2) is 71.6 Å². The normalized spacial score (nSPS) is 11.5. The van der Waals surface area contributed by atoms with E-state index in [1.54, 1.807) is 24.3 Å². The fourth-order valence-electron chi connectivity index (χ4n) is 3.56. The van der Waals surface area contributed by atoms with Crippen LogP contribution in [0.4, 0.5) is 0 Å². The van der Waals surface area contributed by atoms with Crippen molar-refractivity contribution in [1.29, 1.82) is 0 Å². The van der Waals surface area contributed by atoms with E-state index in [2.05, 4.69) is 14.9 Å². The van der Waals surface area contributed by atoms with Gasteiger partial charge in [-0.25, -0.2) is 13.1 Å². The first-order chi connectivity index (χ1) is 16.7. The first-order valence-corrected chi connectivity index (χ1v) is 12.1. The second-order valence-electron chi connectivity index (χ2n) is 7.85. The molecule has 35 heavy (non-hydrogen) atoms. The largest absolute Gasteiger partial charge is 0.507 e. The van der Waals surface area contributed by atoms with Crippen molar-refractivity contribution < 1.29 is 23.4 Å². The average molecular weight is 494 g/mol. The van der Waals surface area contributed by atoms with Crippen molar-refractivity contribution in [2.24, 2.45) is 5.73 Å². The van der Waals surface area contributed by atoms with Crippen LogP contribution in [0.2, 0.25) is 0 Å². The Bertz CT molecular complexity index is 1480. The van der Waals surface area contributed by atoms with Crippen molar-refractivity contribution in [3.05, 3.63) is 83.7 Å². The molecule has 180 valence electrons. The first-order valence-electron chi connectivity index (χ1n) is 10.6. The topological polar surface area (TPSA) is 160 Å². The van der Waals surface area contributed by atoms with Crippen molar-refractivity contribution >= 4 is 15.9 Å². The molecule has 0 bridgehead atoms. The molecule has 0 atom stereocenters. The second kappa shape index (κ2) is 9.57. The Balaban J connectivity index is 1.74. The number of hydrogen-bond donors (Lipinski definition) is 4. The quantitative estimate of drug-likeness (QED) is 0.293. The molecule has 0 spiro atoms. The van der Waals surface area contributed by atoms with Gasteiger partial charge in [-0.1, -0.05) is 48.0 Å². The van der Waals surface area contributed by atoms with Crippen LogP contribution in [0.5, 0.6) is 11.5 Å². The predicted octanol–water partition coefficient (Wildman–Crippen LogP) is 2.27. The Morgan fingerprint density at radius 2 is 1.69 bits per heavy atom. The number of aryl methyl sites for hydroxylation is 1. The van der Waals surface area contributed by atoms with Crippen molar-refractivity contribution in [3.8, 4) is 28.6 Å². The number of aromatic hydroxyl groups is 2. The highest BCUT2D eigenvalue weighted by molar-refractivity contribution is 7.89. The van der Waals surface area contributed by atoms with Gasteiger partial charge in [0.2, 0.25) is 15.8 Å². The summed E-state index contributed by atoms with van der Waals surface area (Å²) >= 11 is 0. The molecule has 10 nitrogen and oxygen atoms in total. The smallest absolute Gasteiger partial charge is 0.287 e. The summed E-state index contributed by atoms with van der Waals surface area (Å²) in [5.74, 6) is -2.20. The van der Waals surface area contributed by atoms with E-state index in [9.17, 15) is 23.4 Å². The van der Waals surface area contributed by atoms with Gasteiger partial charge in [-0.05, 0) is 37.1 Å². The lowest BCUT2D eigenvalue weighted by Crippen LogP contribution is -2.26. The summed E-state index contributed by atoms with van der Waals surface area (Å²) in [6, 6.07) is 18.3. The highest BCUT2D eigenvalue weighted by atomic mass is 32.2. The molecule has 0 saturated heterocycles. The molecule has 1 heterocycles. The van der Waals surface area contributed by atoms with E-state index in [-0.39, 0.29) is 23.8 Å². The van der Waals surface area contributed by atoms with Gasteiger partial charge in [0.25, 0.3) is 5.91 Å². The standard InChI is InChI=1S/C24H23N5O5S/c1-15-7-9-17(10-8-15)29-23(27-28-24(29)22(25)32)18-13-21(20(31)14-19(18)30)35(33,34)26-12-11-16-5-3-2-4-6-16/h2-10,13-14,26,30-31H,11-12H2,1H3,(H2,25,32). The highest BCUT2D eigenvalue weighted by Gasteiger charge is 2.26. The lowest BCUT2D eigenvalue weighted by molar-refractivity contribution is 0.0988. The Morgan fingerprint density at radius 3 is 2.34 bits per heavy atom. The maximum Gasteiger partial charge on any atom is 0.287 e. The number of sulfonamides is 1. The van der Waals surface area contributed by atoms with Crippen LogP contribution in [0.3, 0.4) is 0 Å². The van der Waals surface area contributed by atoms with E-state index >= 15 is 0 Å². The maximum absolute atomic E-state index is 13.0. The van der Waals surface area contributed by atoms with Crippen molar-refractivity contribution in [2.45, 2.75) is 18.2 Å². The fraction of sp³-hybridized carbons (Fsp3) is 0.125. The summed E-state index contributed by atoms with van der Waals surface area (Å²) in [5, 5.41) is 28.7. The second-order valence-corrected chi connectivity index (χ2v) is 9.59. The van der Waals surface area contributed by atoms with Gasteiger partial charge in [0.15, 0.2) is 5.82 Å². The van der Waals surface area contributed by atoms with Crippen LogP contribution in [-0.2, 0) is 16.4 Å². The maximum atomic E-state index is 13.0. The van der Waals surface area contributed by atoms with Gasteiger partial charge >= 0.3 is 0 Å². The van der Waals surface area contributed by atoms with Gasteiger partial charge in [-0.15, -0.1) is 10.2 Å². The number of hydrogen-bond acceptors (Lipinski definition) is 7. The van der Waals surface area contributed by atoms with E-state index in [1.165, 1.54) is 4.57 Å². The van der Waals surface area contributed by atoms with Gasteiger partial charge < -0.3 is 15.9 Å². The van der Waals surface area contributed by atoms with Gasteiger partial charge in [0.05, 0.1) is 5.56 Å². The number of nitrogens with zero attached hydrogens (tertiary/aromatic N) is 3. The summed E-state index contributed by atoms with van der Waals surface area (Å²) in [6.45, 7) is 1.98. The minimum Gasteiger partial charge on any atom is -0.507 e. The molecule has 0 aliphatic carbocycles. The Morgan fingerprint density at radius 1 is 1.00 bits per heavy atom. The van der Waals surface area contributed by atoms with Crippen LogP contribution >= 0.6 is 0 Å². The van der Waals surface area contributed by atoms with E-state index in [1.807, 2.05) is 37.3 Å². The number of aromatic nitrogens is 3. The molecule has 0 radical (unpaired) electrons. The minimum absolute atomic E-state index is 0.0270. The minimum atomic E-state index is -4.16. The zero-order valence-corrected chi connectivity index (χ0v) is 19.5. The number of carbonyl (C=O) groups is 1. The third-order valence-electron chi connectivity index (χ3n) is 5.33. The molecule has 1 amide bonds. The van der Waals surface area contributed by atoms with E-state index < -0.39 is 32.3 Å². The molecule has 3 aromatic carbocycles. The fourth-order valence-corrected chi connectivity index (χ4v) is 4.69. The summed E-state index contributed by atoms with van der Waals surface area (Å²) in [5.41, 5.74) is 7.78. The number of carbonyl (C=O) groups excluding carboxylic acids is 1. The summed E-state index contributed by atoms with van der Waals surface area (Å²) in [4.78, 5) is 11.5. The SMILES string of the molecule is Cc1ccc(-n2c(C(N)=O)nnc2-c2cc(S(=O)(=O)NCCc3ccccc3)c(O)cc2O)cc1. The van der Waals surface area contributed by atoms with Crippen LogP contribution in [0.1, 0.15) is 21.7 Å².